The lowest BCUT2D eigenvalue weighted by Gasteiger charge is -2.08. The van der Waals surface area contributed by atoms with Gasteiger partial charge in [0.1, 0.15) is 18.1 Å². The molecule has 3 aromatic rings. The lowest BCUT2D eigenvalue weighted by molar-refractivity contribution is -0.115. The summed E-state index contributed by atoms with van der Waals surface area (Å²) < 4.78 is 11.0. The minimum absolute atomic E-state index is 0.0782. The lowest BCUT2D eigenvalue weighted by Crippen LogP contribution is -2.32. The number of rotatable bonds is 7. The van der Waals surface area contributed by atoms with Crippen LogP contribution in [0.15, 0.2) is 59.0 Å². The molecule has 6 nitrogen and oxygen atoms in total. The zero-order valence-electron chi connectivity index (χ0n) is 15.5. The Bertz CT molecular complexity index is 1030. The molecule has 0 unspecified atom stereocenters. The number of hydrogen-bond acceptors (Lipinski definition) is 4. The first-order valence-electron chi connectivity index (χ1n) is 8.72. The molecule has 2 N–H and O–H groups in total. The van der Waals surface area contributed by atoms with Gasteiger partial charge in [-0.25, -0.2) is 0 Å². The Morgan fingerprint density at radius 1 is 1.07 bits per heavy atom. The number of halogens is 2. The molecular weight excluding hydrogens is 415 g/mol. The highest BCUT2D eigenvalue weighted by molar-refractivity contribution is 6.35. The smallest absolute Gasteiger partial charge is 0.287 e. The van der Waals surface area contributed by atoms with Crippen LogP contribution >= 0.6 is 23.2 Å². The quantitative estimate of drug-likeness (QED) is 0.559. The van der Waals surface area contributed by atoms with Gasteiger partial charge in [0, 0.05) is 10.7 Å². The first-order valence-corrected chi connectivity index (χ1v) is 9.48. The normalized spacial score (nSPS) is 10.4. The van der Waals surface area contributed by atoms with Crippen LogP contribution in [0.1, 0.15) is 21.9 Å². The van der Waals surface area contributed by atoms with Crippen molar-refractivity contribution < 1.29 is 18.7 Å². The third-order valence-electron chi connectivity index (χ3n) is 3.98. The molecule has 0 saturated carbocycles. The predicted molar refractivity (Wildman–Crippen MR) is 112 cm³/mol. The van der Waals surface area contributed by atoms with Crippen LogP contribution in [0.4, 0.5) is 5.69 Å². The maximum absolute atomic E-state index is 12.2. The molecule has 0 radical (unpaired) electrons. The van der Waals surface area contributed by atoms with E-state index < -0.39 is 5.91 Å². The highest BCUT2D eigenvalue weighted by Gasteiger charge is 2.14. The maximum Gasteiger partial charge on any atom is 0.287 e. The zero-order chi connectivity index (χ0) is 20.8. The average molecular weight is 433 g/mol. The Labute approximate surface area is 177 Å². The molecule has 0 aliphatic rings. The maximum atomic E-state index is 12.2. The molecule has 1 heterocycles. The molecule has 0 saturated heterocycles. The van der Waals surface area contributed by atoms with Crippen LogP contribution in [0.25, 0.3) is 0 Å². The van der Waals surface area contributed by atoms with Gasteiger partial charge in [-0.05, 0) is 48.9 Å². The molecular formula is C21H18Cl2N2O4. The van der Waals surface area contributed by atoms with Gasteiger partial charge in [-0.1, -0.05) is 41.4 Å². The van der Waals surface area contributed by atoms with Crippen molar-refractivity contribution >= 4 is 40.7 Å². The summed E-state index contributed by atoms with van der Waals surface area (Å²) in [6.45, 7) is 1.79. The van der Waals surface area contributed by atoms with Gasteiger partial charge >= 0.3 is 0 Å². The standard InChI is InChI=1S/C21H18Cl2N2O4/c1-13-4-2-3-5-17(13)25-20(26)11-24-21(27)19-9-7-15(29-19)12-28-18-8-6-14(22)10-16(18)23/h2-10H,11-12H2,1H3,(H,24,27)(H,25,26). The van der Waals surface area contributed by atoms with Crippen LogP contribution in [0, 0.1) is 6.92 Å². The SMILES string of the molecule is Cc1ccccc1NC(=O)CNC(=O)c1ccc(COc2ccc(Cl)cc2Cl)o1. The zero-order valence-corrected chi connectivity index (χ0v) is 17.0. The van der Waals surface area contributed by atoms with Gasteiger partial charge < -0.3 is 19.8 Å². The fourth-order valence-corrected chi connectivity index (χ4v) is 2.94. The number of hydrogen-bond donors (Lipinski definition) is 2. The van der Waals surface area contributed by atoms with Gasteiger partial charge in [-0.2, -0.15) is 0 Å². The average Bonchev–Trinajstić information content (AvgIpc) is 3.16. The number of nitrogens with one attached hydrogen (secondary N) is 2. The summed E-state index contributed by atoms with van der Waals surface area (Å²) in [6, 6.07) is 15.4. The summed E-state index contributed by atoms with van der Waals surface area (Å²) in [5.74, 6) is 0.132. The summed E-state index contributed by atoms with van der Waals surface area (Å²) in [5.41, 5.74) is 1.63. The van der Waals surface area contributed by atoms with E-state index in [4.69, 9.17) is 32.4 Å². The van der Waals surface area contributed by atoms with Crippen LogP contribution in [0.5, 0.6) is 5.75 Å². The predicted octanol–water partition coefficient (Wildman–Crippen LogP) is 4.84. The lowest BCUT2D eigenvalue weighted by atomic mass is 10.2. The van der Waals surface area contributed by atoms with Crippen LogP contribution in [-0.4, -0.2) is 18.4 Å². The van der Waals surface area contributed by atoms with Gasteiger partial charge in [-0.15, -0.1) is 0 Å². The molecule has 3 rings (SSSR count). The van der Waals surface area contributed by atoms with Crippen molar-refractivity contribution in [3.63, 3.8) is 0 Å². The van der Waals surface area contributed by atoms with Crippen LogP contribution in [0.3, 0.4) is 0 Å². The van der Waals surface area contributed by atoms with Crippen molar-refractivity contribution in [2.75, 3.05) is 11.9 Å². The Kier molecular flexibility index (Phi) is 6.80. The van der Waals surface area contributed by atoms with E-state index >= 15 is 0 Å². The number of benzene rings is 2. The second-order valence-electron chi connectivity index (χ2n) is 6.18. The van der Waals surface area contributed by atoms with Crippen molar-refractivity contribution in [2.45, 2.75) is 13.5 Å². The van der Waals surface area contributed by atoms with Crippen LogP contribution in [0.2, 0.25) is 10.0 Å². The summed E-state index contributed by atoms with van der Waals surface area (Å²) in [4.78, 5) is 24.2. The fourth-order valence-electron chi connectivity index (χ4n) is 2.47. The van der Waals surface area contributed by atoms with E-state index in [0.29, 0.717) is 27.2 Å². The van der Waals surface area contributed by atoms with Gasteiger partial charge in [0.25, 0.3) is 5.91 Å². The Morgan fingerprint density at radius 3 is 2.62 bits per heavy atom. The topological polar surface area (TPSA) is 80.6 Å². The van der Waals surface area contributed by atoms with E-state index in [0.717, 1.165) is 5.56 Å². The van der Waals surface area contributed by atoms with Crippen LogP contribution in [-0.2, 0) is 11.4 Å². The molecule has 0 spiro atoms. The number of para-hydroxylation sites is 1. The van der Waals surface area contributed by atoms with Crippen molar-refractivity contribution in [3.8, 4) is 5.75 Å². The van der Waals surface area contributed by atoms with E-state index in [2.05, 4.69) is 10.6 Å². The molecule has 1 aromatic heterocycles. The monoisotopic (exact) mass is 432 g/mol. The number of furan rings is 1. The second-order valence-corrected chi connectivity index (χ2v) is 7.02. The molecule has 8 heteroatoms. The van der Waals surface area contributed by atoms with Crippen molar-refractivity contribution in [3.05, 3.63) is 81.7 Å². The number of aryl methyl sites for hydroxylation is 1. The first-order chi connectivity index (χ1) is 13.9. The second kappa shape index (κ2) is 9.49. The van der Waals surface area contributed by atoms with E-state index in [9.17, 15) is 9.59 Å². The number of carbonyl (C=O) groups is 2. The third-order valence-corrected chi connectivity index (χ3v) is 4.51. The van der Waals surface area contributed by atoms with E-state index in [-0.39, 0.29) is 24.8 Å². The number of amides is 2. The summed E-state index contributed by atoms with van der Waals surface area (Å²) in [5, 5.41) is 6.15. The Hall–Kier alpha value is -2.96. The van der Waals surface area contributed by atoms with E-state index in [1.807, 2.05) is 25.1 Å². The molecule has 29 heavy (non-hydrogen) atoms. The summed E-state index contributed by atoms with van der Waals surface area (Å²) in [6.07, 6.45) is 0. The van der Waals surface area contributed by atoms with Crippen LogP contribution < -0.4 is 15.4 Å². The minimum Gasteiger partial charge on any atom is -0.484 e. The number of anilines is 1. The number of ether oxygens (including phenoxy) is 1. The molecule has 0 bridgehead atoms. The molecule has 0 fully saturated rings. The molecule has 2 aromatic carbocycles. The Balaban J connectivity index is 1.50. The Morgan fingerprint density at radius 2 is 1.86 bits per heavy atom. The van der Waals surface area contributed by atoms with Crippen molar-refractivity contribution in [1.82, 2.24) is 5.32 Å². The highest BCUT2D eigenvalue weighted by atomic mass is 35.5. The highest BCUT2D eigenvalue weighted by Crippen LogP contribution is 2.28. The van der Waals surface area contributed by atoms with Gasteiger partial charge in [0.2, 0.25) is 5.91 Å². The first kappa shape index (κ1) is 20.8. The molecule has 0 aliphatic heterocycles. The molecule has 0 atom stereocenters. The number of carbonyl (C=O) groups excluding carboxylic acids is 2. The van der Waals surface area contributed by atoms with E-state index in [1.54, 1.807) is 30.3 Å². The molecule has 150 valence electrons. The summed E-state index contributed by atoms with van der Waals surface area (Å²) >= 11 is 11.9. The van der Waals surface area contributed by atoms with Crippen molar-refractivity contribution in [1.29, 1.82) is 0 Å². The fraction of sp³-hybridized carbons (Fsp3) is 0.143. The van der Waals surface area contributed by atoms with Gasteiger partial charge in [0.05, 0.1) is 11.6 Å². The molecule has 0 aliphatic carbocycles. The minimum atomic E-state index is -0.499. The van der Waals surface area contributed by atoms with Crippen molar-refractivity contribution in [2.24, 2.45) is 0 Å². The van der Waals surface area contributed by atoms with Gasteiger partial charge in [0.15, 0.2) is 5.76 Å². The third kappa shape index (κ3) is 5.76. The molecule has 2 amide bonds. The summed E-state index contributed by atoms with van der Waals surface area (Å²) in [7, 11) is 0. The van der Waals surface area contributed by atoms with E-state index in [1.165, 1.54) is 6.07 Å². The largest absolute Gasteiger partial charge is 0.484 e. The van der Waals surface area contributed by atoms with Gasteiger partial charge in [-0.3, -0.25) is 9.59 Å².